The van der Waals surface area contributed by atoms with Crippen molar-refractivity contribution in [3.8, 4) is 22.4 Å². The van der Waals surface area contributed by atoms with Crippen molar-refractivity contribution in [2.45, 2.75) is 6.92 Å². The van der Waals surface area contributed by atoms with E-state index in [0.717, 1.165) is 21.7 Å². The first-order valence-corrected chi connectivity index (χ1v) is 9.54. The van der Waals surface area contributed by atoms with Crippen LogP contribution in [0, 0.1) is 11.7 Å². The number of fused-ring (bicyclic) bond motifs is 2. The Labute approximate surface area is 170 Å². The highest BCUT2D eigenvalue weighted by molar-refractivity contribution is 6.30. The van der Waals surface area contributed by atoms with Gasteiger partial charge in [-0.3, -0.25) is 4.99 Å². The zero-order chi connectivity index (χ0) is 20.1. The molecule has 4 aromatic rings. The molecule has 4 heterocycles. The van der Waals surface area contributed by atoms with Crippen molar-refractivity contribution >= 4 is 34.5 Å². The lowest BCUT2D eigenvalue weighted by atomic mass is 9.98. The number of rotatable bonds is 2. The Kier molecular flexibility index (Phi) is 4.10. The van der Waals surface area contributed by atoms with Crippen molar-refractivity contribution in [2.24, 2.45) is 10.9 Å². The number of anilines is 1. The predicted molar refractivity (Wildman–Crippen MR) is 111 cm³/mol. The van der Waals surface area contributed by atoms with Gasteiger partial charge in [0.15, 0.2) is 16.9 Å². The molecule has 1 aliphatic heterocycles. The van der Waals surface area contributed by atoms with Gasteiger partial charge in [-0.15, -0.1) is 0 Å². The van der Waals surface area contributed by atoms with Crippen molar-refractivity contribution in [3.63, 3.8) is 0 Å². The van der Waals surface area contributed by atoms with Crippen molar-refractivity contribution in [1.82, 2.24) is 9.97 Å². The van der Waals surface area contributed by atoms with E-state index < -0.39 is 5.82 Å². The van der Waals surface area contributed by atoms with Crippen molar-refractivity contribution in [3.05, 3.63) is 64.3 Å². The molecule has 1 unspecified atom stereocenters. The summed E-state index contributed by atoms with van der Waals surface area (Å²) in [5.41, 5.74) is 9.52. The molecule has 144 valence electrons. The normalized spacial score (nSPS) is 15.6. The van der Waals surface area contributed by atoms with Crippen molar-refractivity contribution in [2.75, 3.05) is 12.3 Å². The van der Waals surface area contributed by atoms with Crippen LogP contribution >= 0.6 is 11.6 Å². The number of benzene rings is 1. The first-order chi connectivity index (χ1) is 14.0. The van der Waals surface area contributed by atoms with E-state index in [1.807, 2.05) is 12.1 Å². The zero-order valence-corrected chi connectivity index (χ0v) is 16.2. The van der Waals surface area contributed by atoms with Gasteiger partial charge in [0, 0.05) is 39.5 Å². The third kappa shape index (κ3) is 2.96. The number of furan rings is 1. The summed E-state index contributed by atoms with van der Waals surface area (Å²) in [6.07, 6.45) is 5.41. The van der Waals surface area contributed by atoms with E-state index in [-0.39, 0.29) is 5.92 Å². The summed E-state index contributed by atoms with van der Waals surface area (Å²) in [7, 11) is 0. The van der Waals surface area contributed by atoms with Gasteiger partial charge >= 0.3 is 0 Å². The van der Waals surface area contributed by atoms with E-state index in [9.17, 15) is 4.39 Å². The number of halogens is 2. The first-order valence-electron chi connectivity index (χ1n) is 9.16. The maximum Gasteiger partial charge on any atom is 0.176 e. The summed E-state index contributed by atoms with van der Waals surface area (Å²) in [6, 6.07) is 8.11. The topological polar surface area (TPSA) is 77.3 Å². The maximum atomic E-state index is 14.5. The lowest BCUT2D eigenvalue weighted by molar-refractivity contribution is 0.617. The van der Waals surface area contributed by atoms with E-state index in [0.29, 0.717) is 39.7 Å². The molecule has 1 aliphatic rings. The van der Waals surface area contributed by atoms with Crippen LogP contribution in [0.25, 0.3) is 39.4 Å². The van der Waals surface area contributed by atoms with Crippen LogP contribution in [0.2, 0.25) is 5.02 Å². The Morgan fingerprint density at radius 2 is 2.03 bits per heavy atom. The summed E-state index contributed by atoms with van der Waals surface area (Å²) in [4.78, 5) is 13.3. The average Bonchev–Trinajstić information content (AvgIpc) is 3.14. The summed E-state index contributed by atoms with van der Waals surface area (Å²) < 4.78 is 20.2. The molecule has 3 aromatic heterocycles. The standard InChI is InChI=1S/C22H16ClFN4O/c1-11-6-15-14(17-10-29-20-13(17)4-5-26-21(20)25)8-19(28-22(15)27-9-11)16-7-12(23)2-3-18(16)24/h2-8,10-11H,9H2,1H3,(H2,25,26). The number of nitrogen functional groups attached to an aromatic ring is 1. The number of hydrogen-bond acceptors (Lipinski definition) is 5. The summed E-state index contributed by atoms with van der Waals surface area (Å²) >= 11 is 6.10. The number of pyridine rings is 2. The highest BCUT2D eigenvalue weighted by Gasteiger charge is 2.18. The Morgan fingerprint density at radius 3 is 2.90 bits per heavy atom. The van der Waals surface area contributed by atoms with Crippen molar-refractivity contribution in [1.29, 1.82) is 0 Å². The van der Waals surface area contributed by atoms with Gasteiger partial charge in [0.2, 0.25) is 0 Å². The Bertz CT molecular complexity index is 1400. The molecule has 2 N–H and O–H groups in total. The molecule has 0 bridgehead atoms. The van der Waals surface area contributed by atoms with Crippen LogP contribution in [0.15, 0.2) is 52.2 Å². The van der Waals surface area contributed by atoms with Crippen LogP contribution in [0.5, 0.6) is 0 Å². The number of hydrogen-bond donors (Lipinski definition) is 1. The largest absolute Gasteiger partial charge is 0.460 e. The highest BCUT2D eigenvalue weighted by Crippen LogP contribution is 2.33. The van der Waals surface area contributed by atoms with Crippen LogP contribution in [0.3, 0.4) is 0 Å². The minimum absolute atomic E-state index is 0.265. The third-order valence-corrected chi connectivity index (χ3v) is 5.27. The second-order valence-electron chi connectivity index (χ2n) is 7.12. The van der Waals surface area contributed by atoms with Crippen LogP contribution in [0.1, 0.15) is 6.92 Å². The van der Waals surface area contributed by atoms with E-state index in [2.05, 4.69) is 28.0 Å². The smallest absolute Gasteiger partial charge is 0.176 e. The third-order valence-electron chi connectivity index (χ3n) is 5.03. The van der Waals surface area contributed by atoms with Gasteiger partial charge in [-0.2, -0.15) is 0 Å². The van der Waals surface area contributed by atoms with E-state index >= 15 is 0 Å². The zero-order valence-electron chi connectivity index (χ0n) is 15.5. The number of aromatic nitrogens is 2. The van der Waals surface area contributed by atoms with Gasteiger partial charge in [0.25, 0.3) is 0 Å². The van der Waals surface area contributed by atoms with Gasteiger partial charge in [0.1, 0.15) is 5.82 Å². The maximum absolute atomic E-state index is 14.5. The SMILES string of the molecule is CC1C=c2c(-c3coc4c(N)nccc34)cc(-c3cc(Cl)ccc3F)nc2=NC1. The predicted octanol–water partition coefficient (Wildman–Crippen LogP) is 3.98. The molecule has 29 heavy (non-hydrogen) atoms. The summed E-state index contributed by atoms with van der Waals surface area (Å²) in [5, 5.41) is 2.16. The lowest BCUT2D eigenvalue weighted by Gasteiger charge is -2.12. The molecule has 5 nitrogen and oxygen atoms in total. The van der Waals surface area contributed by atoms with E-state index in [1.165, 1.54) is 12.1 Å². The lowest BCUT2D eigenvalue weighted by Crippen LogP contribution is -2.35. The van der Waals surface area contributed by atoms with Gasteiger partial charge in [-0.25, -0.2) is 14.4 Å². The van der Waals surface area contributed by atoms with Crippen LogP contribution < -0.4 is 16.4 Å². The minimum Gasteiger partial charge on any atom is -0.460 e. The van der Waals surface area contributed by atoms with Gasteiger partial charge in [-0.1, -0.05) is 24.6 Å². The summed E-state index contributed by atoms with van der Waals surface area (Å²) in [5.74, 6) is 0.188. The number of nitrogens with two attached hydrogens (primary N) is 1. The molecule has 0 saturated carbocycles. The molecule has 0 spiro atoms. The summed E-state index contributed by atoms with van der Waals surface area (Å²) in [6.45, 7) is 2.72. The van der Waals surface area contributed by atoms with Gasteiger partial charge in [0.05, 0.1) is 12.0 Å². The molecular weight excluding hydrogens is 391 g/mol. The fraction of sp³-hybridized carbons (Fsp3) is 0.136. The second-order valence-corrected chi connectivity index (χ2v) is 7.56. The second kappa shape index (κ2) is 6.67. The van der Waals surface area contributed by atoms with E-state index in [4.69, 9.17) is 21.8 Å². The molecule has 1 aromatic carbocycles. The molecule has 0 aliphatic carbocycles. The Hall–Kier alpha value is -3.25. The molecule has 0 fully saturated rings. The first kappa shape index (κ1) is 17.8. The molecule has 0 radical (unpaired) electrons. The minimum atomic E-state index is -0.397. The highest BCUT2D eigenvalue weighted by atomic mass is 35.5. The Balaban J connectivity index is 1.86. The van der Waals surface area contributed by atoms with Gasteiger partial charge < -0.3 is 10.2 Å². The van der Waals surface area contributed by atoms with Crippen LogP contribution in [-0.2, 0) is 0 Å². The Morgan fingerprint density at radius 1 is 1.17 bits per heavy atom. The molecule has 0 amide bonds. The number of nitrogens with zero attached hydrogens (tertiary/aromatic N) is 3. The fourth-order valence-corrected chi connectivity index (χ4v) is 3.81. The van der Waals surface area contributed by atoms with Crippen LogP contribution in [-0.4, -0.2) is 16.5 Å². The monoisotopic (exact) mass is 406 g/mol. The van der Waals surface area contributed by atoms with Crippen molar-refractivity contribution < 1.29 is 8.81 Å². The fourth-order valence-electron chi connectivity index (χ4n) is 3.64. The molecule has 7 heteroatoms. The molecular formula is C22H16ClFN4O. The van der Waals surface area contributed by atoms with E-state index in [1.54, 1.807) is 18.5 Å². The molecule has 5 rings (SSSR count). The molecule has 0 saturated heterocycles. The van der Waals surface area contributed by atoms with Gasteiger partial charge in [-0.05, 0) is 41.8 Å². The average molecular weight is 407 g/mol. The van der Waals surface area contributed by atoms with Crippen LogP contribution in [0.4, 0.5) is 10.2 Å². The molecule has 1 atom stereocenters. The quantitative estimate of drug-likeness (QED) is 0.546.